The Morgan fingerprint density at radius 3 is 2.43 bits per heavy atom. The van der Waals surface area contributed by atoms with Gasteiger partial charge in [0.25, 0.3) is 15.9 Å². The average Bonchev–Trinajstić information content (AvgIpc) is 3.02. The number of benzene rings is 3. The number of amides is 2. The summed E-state index contributed by atoms with van der Waals surface area (Å²) in [6, 6.07) is 17.1. The smallest absolute Gasteiger partial charge is 0.265 e. The molecule has 7 nitrogen and oxygen atoms in total. The lowest BCUT2D eigenvalue weighted by Crippen LogP contribution is -2.50. The molecule has 1 heterocycles. The van der Waals surface area contributed by atoms with Crippen molar-refractivity contribution in [2.24, 2.45) is 0 Å². The van der Waals surface area contributed by atoms with Crippen LogP contribution in [0.5, 0.6) is 0 Å². The second-order valence-corrected chi connectivity index (χ2v) is 9.94. The van der Waals surface area contributed by atoms with Crippen molar-refractivity contribution in [1.29, 1.82) is 0 Å². The molecule has 4 rings (SSSR count). The molecule has 2 amide bonds. The predicted molar refractivity (Wildman–Crippen MR) is 129 cm³/mol. The minimum absolute atomic E-state index is 0.00936. The van der Waals surface area contributed by atoms with Gasteiger partial charge in [-0.05, 0) is 42.8 Å². The summed E-state index contributed by atoms with van der Waals surface area (Å²) in [5.41, 5.74) is -1.51. The molecule has 3 aromatic rings. The number of halogens is 1. The zero-order valence-corrected chi connectivity index (χ0v) is 19.6. The van der Waals surface area contributed by atoms with Crippen LogP contribution in [0.3, 0.4) is 0 Å². The average molecular weight is 495 g/mol. The summed E-state index contributed by atoms with van der Waals surface area (Å²) in [6.07, 6.45) is 1.43. The number of aliphatic hydroxyl groups is 1. The van der Waals surface area contributed by atoms with Crippen LogP contribution < -0.4 is 9.62 Å². The highest BCUT2D eigenvalue weighted by atomic mass is 32.2. The van der Waals surface area contributed by atoms with Crippen LogP contribution in [0.4, 0.5) is 10.1 Å². The molecule has 9 heteroatoms. The van der Waals surface area contributed by atoms with E-state index in [0.717, 1.165) is 17.7 Å². The standard InChI is InChI=1S/C26H23FN2O5S/c1-3-15-29-22-14-11-19(27)16-21(22)26(32,25(29)31)23(18-7-5-4-6-8-18)24(30)28-35(33,34)20-12-9-17(2)10-13-20/h3-14,16,23,32H,1,15H2,2H3,(H,28,30). The minimum Gasteiger partial charge on any atom is -0.374 e. The number of anilines is 1. The third kappa shape index (κ3) is 4.24. The summed E-state index contributed by atoms with van der Waals surface area (Å²) < 4.78 is 42.2. The molecular weight excluding hydrogens is 471 g/mol. The maximum atomic E-state index is 14.3. The van der Waals surface area contributed by atoms with Crippen molar-refractivity contribution in [3.05, 3.63) is 108 Å². The SMILES string of the molecule is C=CCN1C(=O)C(O)(C(C(=O)NS(=O)(=O)c2ccc(C)cc2)c2ccccc2)c2cc(F)ccc21. The van der Waals surface area contributed by atoms with Crippen molar-refractivity contribution >= 4 is 27.5 Å². The van der Waals surface area contributed by atoms with Gasteiger partial charge in [0, 0.05) is 12.1 Å². The van der Waals surface area contributed by atoms with Crippen molar-refractivity contribution < 1.29 is 27.5 Å². The van der Waals surface area contributed by atoms with Crippen LogP contribution in [0.1, 0.15) is 22.6 Å². The van der Waals surface area contributed by atoms with Gasteiger partial charge in [0.15, 0.2) is 5.60 Å². The highest BCUT2D eigenvalue weighted by Gasteiger charge is 2.58. The molecule has 0 bridgehead atoms. The van der Waals surface area contributed by atoms with Crippen molar-refractivity contribution in [2.45, 2.75) is 23.3 Å². The van der Waals surface area contributed by atoms with Gasteiger partial charge in [-0.25, -0.2) is 17.5 Å². The van der Waals surface area contributed by atoms with Gasteiger partial charge in [-0.2, -0.15) is 0 Å². The van der Waals surface area contributed by atoms with E-state index in [1.54, 1.807) is 37.3 Å². The van der Waals surface area contributed by atoms with Gasteiger partial charge in [0.2, 0.25) is 5.91 Å². The fourth-order valence-corrected chi connectivity index (χ4v) is 5.26. The fourth-order valence-electron chi connectivity index (χ4n) is 4.26. The van der Waals surface area contributed by atoms with E-state index in [9.17, 15) is 27.5 Å². The lowest BCUT2D eigenvalue weighted by Gasteiger charge is -2.31. The van der Waals surface area contributed by atoms with Gasteiger partial charge in [0.1, 0.15) is 11.7 Å². The monoisotopic (exact) mass is 494 g/mol. The van der Waals surface area contributed by atoms with E-state index < -0.39 is 39.2 Å². The number of nitrogens with zero attached hydrogens (tertiary/aromatic N) is 1. The van der Waals surface area contributed by atoms with E-state index in [0.29, 0.717) is 0 Å². The summed E-state index contributed by atoms with van der Waals surface area (Å²) in [7, 11) is -4.34. The Hall–Kier alpha value is -3.82. The molecule has 35 heavy (non-hydrogen) atoms. The molecule has 0 spiro atoms. The van der Waals surface area contributed by atoms with Gasteiger partial charge in [-0.1, -0.05) is 54.1 Å². The van der Waals surface area contributed by atoms with E-state index in [1.165, 1.54) is 41.3 Å². The van der Waals surface area contributed by atoms with Gasteiger partial charge >= 0.3 is 0 Å². The number of sulfonamides is 1. The quantitative estimate of drug-likeness (QED) is 0.491. The molecule has 0 saturated heterocycles. The van der Waals surface area contributed by atoms with Crippen molar-refractivity contribution in [1.82, 2.24) is 4.72 Å². The maximum absolute atomic E-state index is 14.3. The molecule has 3 aromatic carbocycles. The first-order valence-electron chi connectivity index (χ1n) is 10.7. The summed E-state index contributed by atoms with van der Waals surface area (Å²) >= 11 is 0. The molecular formula is C26H23FN2O5S. The first-order valence-corrected chi connectivity index (χ1v) is 12.2. The Balaban J connectivity index is 1.86. The van der Waals surface area contributed by atoms with Gasteiger partial charge in [-0.3, -0.25) is 9.59 Å². The van der Waals surface area contributed by atoms with E-state index in [4.69, 9.17) is 0 Å². The Morgan fingerprint density at radius 2 is 1.80 bits per heavy atom. The molecule has 0 fully saturated rings. The van der Waals surface area contributed by atoms with E-state index in [-0.39, 0.29) is 28.3 Å². The van der Waals surface area contributed by atoms with Crippen molar-refractivity contribution in [3.63, 3.8) is 0 Å². The fraction of sp³-hybridized carbons (Fsp3) is 0.154. The largest absolute Gasteiger partial charge is 0.374 e. The number of nitrogens with one attached hydrogen (secondary N) is 1. The Bertz CT molecular complexity index is 1410. The third-order valence-corrected chi connectivity index (χ3v) is 7.28. The lowest BCUT2D eigenvalue weighted by atomic mass is 9.77. The molecule has 0 radical (unpaired) electrons. The highest BCUT2D eigenvalue weighted by Crippen LogP contribution is 2.48. The molecule has 2 unspecified atom stereocenters. The number of aryl methyl sites for hydroxylation is 1. The van der Waals surface area contributed by atoms with Crippen LogP contribution in [-0.2, 0) is 25.2 Å². The normalized spacial score (nSPS) is 18.1. The van der Waals surface area contributed by atoms with Crippen molar-refractivity contribution in [2.75, 3.05) is 11.4 Å². The van der Waals surface area contributed by atoms with Crippen molar-refractivity contribution in [3.8, 4) is 0 Å². The highest BCUT2D eigenvalue weighted by molar-refractivity contribution is 7.90. The summed E-state index contributed by atoms with van der Waals surface area (Å²) in [6.45, 7) is 5.39. The Labute approximate surface area is 202 Å². The Morgan fingerprint density at radius 1 is 1.14 bits per heavy atom. The Kier molecular flexibility index (Phi) is 6.31. The number of fused-ring (bicyclic) bond motifs is 1. The molecule has 0 saturated carbocycles. The molecule has 0 aliphatic carbocycles. The molecule has 1 aliphatic rings. The molecule has 0 aromatic heterocycles. The maximum Gasteiger partial charge on any atom is 0.265 e. The van der Waals surface area contributed by atoms with Crippen LogP contribution in [0.25, 0.3) is 0 Å². The number of carbonyl (C=O) groups is 2. The summed E-state index contributed by atoms with van der Waals surface area (Å²) in [5, 5.41) is 11.9. The molecule has 180 valence electrons. The van der Waals surface area contributed by atoms with Gasteiger partial charge in [0.05, 0.1) is 10.6 Å². The number of hydrogen-bond donors (Lipinski definition) is 2. The molecule has 1 aliphatic heterocycles. The zero-order valence-electron chi connectivity index (χ0n) is 18.8. The third-order valence-electron chi connectivity index (χ3n) is 5.92. The first kappa shape index (κ1) is 24.3. The van der Waals surface area contributed by atoms with E-state index >= 15 is 0 Å². The number of hydrogen-bond acceptors (Lipinski definition) is 5. The number of carbonyl (C=O) groups excluding carboxylic acids is 2. The minimum atomic E-state index is -4.34. The zero-order chi connectivity index (χ0) is 25.4. The van der Waals surface area contributed by atoms with E-state index in [2.05, 4.69) is 6.58 Å². The van der Waals surface area contributed by atoms with Gasteiger partial charge < -0.3 is 10.0 Å². The van der Waals surface area contributed by atoms with E-state index in [1.807, 2.05) is 4.72 Å². The predicted octanol–water partition coefficient (Wildman–Crippen LogP) is 3.14. The summed E-state index contributed by atoms with van der Waals surface area (Å²) in [4.78, 5) is 28.1. The topological polar surface area (TPSA) is 104 Å². The van der Waals surface area contributed by atoms with Crippen LogP contribution in [0.2, 0.25) is 0 Å². The summed E-state index contributed by atoms with van der Waals surface area (Å²) in [5.74, 6) is -4.46. The van der Waals surface area contributed by atoms with Gasteiger partial charge in [-0.15, -0.1) is 6.58 Å². The van der Waals surface area contributed by atoms with Crippen LogP contribution in [0.15, 0.2) is 90.3 Å². The molecule has 2 N–H and O–H groups in total. The van der Waals surface area contributed by atoms with Crippen LogP contribution >= 0.6 is 0 Å². The molecule has 2 atom stereocenters. The first-order chi connectivity index (χ1) is 16.6. The van der Waals surface area contributed by atoms with Crippen LogP contribution in [0, 0.1) is 12.7 Å². The second kappa shape index (κ2) is 9.09. The lowest BCUT2D eigenvalue weighted by molar-refractivity contribution is -0.145. The van der Waals surface area contributed by atoms with Crippen LogP contribution in [-0.4, -0.2) is 31.9 Å². The second-order valence-electron chi connectivity index (χ2n) is 8.26. The number of rotatable bonds is 7.